The molecule has 20 nitrogen and oxygen atoms in total. The molecule has 0 saturated carbocycles. The van der Waals surface area contributed by atoms with Gasteiger partial charge in [0.15, 0.2) is 47.6 Å². The third-order valence-electron chi connectivity index (χ3n) is 8.92. The molecule has 0 unspecified atom stereocenters. The first-order chi connectivity index (χ1) is 27.1. The van der Waals surface area contributed by atoms with Crippen molar-refractivity contribution in [2.45, 2.75) is 61.4 Å². The van der Waals surface area contributed by atoms with Crippen molar-refractivity contribution in [3.8, 4) is 40.1 Å². The van der Waals surface area contributed by atoms with Crippen LogP contribution in [0.4, 0.5) is 0 Å². The summed E-state index contributed by atoms with van der Waals surface area (Å²) in [6.45, 7) is 0. The molecule has 1 aromatic heterocycles. The highest BCUT2D eigenvalue weighted by atomic mass is 16.8. The van der Waals surface area contributed by atoms with E-state index in [1.165, 1.54) is 55.7 Å². The van der Waals surface area contributed by atoms with E-state index in [0.29, 0.717) is 5.56 Å². The Labute approximate surface area is 319 Å². The highest BCUT2D eigenvalue weighted by Crippen LogP contribution is 2.34. The van der Waals surface area contributed by atoms with Crippen LogP contribution < -0.4 is 14.9 Å². The molecule has 10 atom stereocenters. The molecule has 4 aromatic rings. The van der Waals surface area contributed by atoms with Crippen LogP contribution in [0.1, 0.15) is 5.56 Å². The largest absolute Gasteiger partial charge is 0.508 e. The maximum Gasteiger partial charge on any atom is 0.335 e. The van der Waals surface area contributed by atoms with Gasteiger partial charge >= 0.3 is 17.9 Å². The number of carbonyl (C=O) groups excluding carboxylic acids is 1. The van der Waals surface area contributed by atoms with Gasteiger partial charge in [0.2, 0.25) is 6.29 Å². The molecule has 2 aliphatic heterocycles. The van der Waals surface area contributed by atoms with E-state index in [1.54, 1.807) is 0 Å². The number of hydrogen-bond acceptors (Lipinski definition) is 18. The lowest BCUT2D eigenvalue weighted by atomic mass is 9.96. The molecule has 0 aliphatic carbocycles. The summed E-state index contributed by atoms with van der Waals surface area (Å²) in [7, 11) is 1.30. The Bertz CT molecular complexity index is 2230. The predicted molar refractivity (Wildman–Crippen MR) is 187 cm³/mol. The van der Waals surface area contributed by atoms with Gasteiger partial charge in [0.1, 0.15) is 58.4 Å². The number of aromatic hydroxyl groups is 3. The van der Waals surface area contributed by atoms with Crippen LogP contribution in [0.2, 0.25) is 0 Å². The van der Waals surface area contributed by atoms with E-state index < -0.39 is 90.5 Å². The summed E-state index contributed by atoms with van der Waals surface area (Å²) in [5.41, 5.74) is -0.117. The molecule has 2 fully saturated rings. The van der Waals surface area contributed by atoms with Crippen molar-refractivity contribution in [2.24, 2.45) is 0 Å². The molecule has 3 aromatic carbocycles. The van der Waals surface area contributed by atoms with E-state index in [1.807, 2.05) is 0 Å². The molecule has 6 rings (SSSR count). The predicted octanol–water partition coefficient (Wildman–Crippen LogP) is 0.0372. The molecule has 0 spiro atoms. The summed E-state index contributed by atoms with van der Waals surface area (Å²) in [5.74, 6) is -5.75. The second-order valence-corrected chi connectivity index (χ2v) is 12.7. The second-order valence-electron chi connectivity index (χ2n) is 12.7. The average Bonchev–Trinajstić information content (AvgIpc) is 3.16. The number of carboxylic acid groups (broad SMARTS) is 2. The highest BCUT2D eigenvalue weighted by Gasteiger charge is 2.55. The van der Waals surface area contributed by atoms with Crippen molar-refractivity contribution >= 4 is 35.0 Å². The maximum absolute atomic E-state index is 12.9. The summed E-state index contributed by atoms with van der Waals surface area (Å²) in [4.78, 5) is 49.6. The lowest BCUT2D eigenvalue weighted by Crippen LogP contribution is -2.66. The Kier molecular flexibility index (Phi) is 11.7. The van der Waals surface area contributed by atoms with Crippen LogP contribution in [0.25, 0.3) is 28.4 Å². The molecular formula is C37H34O20. The first kappa shape index (κ1) is 40.4. The van der Waals surface area contributed by atoms with Crippen molar-refractivity contribution in [3.63, 3.8) is 0 Å². The number of phenolic OH excluding ortho intramolecular Hbond substituents is 3. The van der Waals surface area contributed by atoms with Crippen molar-refractivity contribution in [3.05, 3.63) is 82.5 Å². The van der Waals surface area contributed by atoms with E-state index in [4.69, 9.17) is 32.8 Å². The van der Waals surface area contributed by atoms with E-state index in [2.05, 4.69) is 0 Å². The van der Waals surface area contributed by atoms with E-state index in [9.17, 15) is 65.1 Å². The number of esters is 1. The van der Waals surface area contributed by atoms with Gasteiger partial charge < -0.3 is 78.8 Å². The Morgan fingerprint density at radius 2 is 1.37 bits per heavy atom. The Balaban J connectivity index is 1.27. The monoisotopic (exact) mass is 798 g/mol. The number of hydrogen-bond donors (Lipinski definition) is 9. The number of rotatable bonds is 11. The molecule has 0 radical (unpaired) electrons. The molecule has 0 bridgehead atoms. The van der Waals surface area contributed by atoms with Crippen LogP contribution in [0.15, 0.2) is 76.0 Å². The van der Waals surface area contributed by atoms with Crippen LogP contribution in [-0.4, -0.2) is 132 Å². The molecule has 2 aliphatic rings. The van der Waals surface area contributed by atoms with E-state index in [-0.39, 0.29) is 45.3 Å². The Morgan fingerprint density at radius 3 is 2.00 bits per heavy atom. The smallest absolute Gasteiger partial charge is 0.335 e. The van der Waals surface area contributed by atoms with Gasteiger partial charge in [-0.3, -0.25) is 4.79 Å². The summed E-state index contributed by atoms with van der Waals surface area (Å²) >= 11 is 0. The molecule has 9 N–H and O–H groups in total. The van der Waals surface area contributed by atoms with Crippen molar-refractivity contribution < 1.29 is 93.2 Å². The molecular weight excluding hydrogens is 764 g/mol. The maximum atomic E-state index is 12.9. The fraction of sp³-hybridized carbons (Fsp3) is 0.297. The zero-order valence-corrected chi connectivity index (χ0v) is 29.2. The molecule has 20 heteroatoms. The number of aliphatic hydroxyl groups excluding tert-OH is 4. The number of fused-ring (bicyclic) bond motifs is 1. The number of carboxylic acids is 2. The van der Waals surface area contributed by atoms with E-state index >= 15 is 0 Å². The summed E-state index contributed by atoms with van der Waals surface area (Å²) in [5, 5.41) is 92.2. The minimum absolute atomic E-state index is 0.00469. The number of carbonyl (C=O) groups is 3. The number of methoxy groups -OCH3 is 1. The van der Waals surface area contributed by atoms with Gasteiger partial charge in [-0.05, 0) is 48.0 Å². The molecule has 2 saturated heterocycles. The topological polar surface area (TPSA) is 319 Å². The third kappa shape index (κ3) is 8.46. The highest BCUT2D eigenvalue weighted by molar-refractivity contribution is 5.87. The standard InChI is InChI=1S/C37H34O20/c1-51-22-10-14(2-8-18(22)39)3-9-24(42)54-32-28(45)26(43)31(35(49)50)56-37(32)57-33-29(46)27(44)30(34(47)48)55-36(33)52-17-6-4-15(5-7-17)21-13-20(41)25-19(40)11-16(38)12-23(25)53-21/h2-13,26-33,36-40,43-46H,1H3,(H,47,48)(H,49,50)/b9-3+/t26-,27-,28-,29-,30-,31-,32+,33+,36+,37-/m0/s1. The van der Waals surface area contributed by atoms with Crippen molar-refractivity contribution in [1.82, 2.24) is 0 Å². The van der Waals surface area contributed by atoms with Gasteiger partial charge in [-0.2, -0.15) is 0 Å². The second kappa shape index (κ2) is 16.5. The van der Waals surface area contributed by atoms with E-state index in [0.717, 1.165) is 24.3 Å². The molecule has 57 heavy (non-hydrogen) atoms. The van der Waals surface area contributed by atoms with Crippen molar-refractivity contribution in [2.75, 3.05) is 7.11 Å². The minimum atomic E-state index is -2.19. The summed E-state index contributed by atoms with van der Waals surface area (Å²) in [6, 6.07) is 12.6. The minimum Gasteiger partial charge on any atom is -0.508 e. The van der Waals surface area contributed by atoms with Gasteiger partial charge in [-0.25, -0.2) is 14.4 Å². The van der Waals surface area contributed by atoms with Crippen LogP contribution >= 0.6 is 0 Å². The van der Waals surface area contributed by atoms with Crippen molar-refractivity contribution in [1.29, 1.82) is 0 Å². The number of phenols is 3. The average molecular weight is 799 g/mol. The fourth-order valence-corrected chi connectivity index (χ4v) is 6.08. The van der Waals surface area contributed by atoms with Crippen LogP contribution in [0.5, 0.6) is 28.7 Å². The number of aliphatic hydroxyl groups is 4. The molecule has 3 heterocycles. The number of ether oxygens (including phenoxy) is 6. The lowest BCUT2D eigenvalue weighted by molar-refractivity contribution is -0.350. The normalized spacial score (nSPS) is 27.5. The first-order valence-electron chi connectivity index (χ1n) is 16.7. The van der Waals surface area contributed by atoms with Gasteiger partial charge in [-0.1, -0.05) is 6.07 Å². The number of aliphatic carboxylic acids is 2. The lowest BCUT2D eigenvalue weighted by Gasteiger charge is -2.45. The molecule has 0 amide bonds. The zero-order valence-electron chi connectivity index (χ0n) is 29.2. The summed E-state index contributed by atoms with van der Waals surface area (Å²) < 4.78 is 38.4. The van der Waals surface area contributed by atoms with Gasteiger partial charge in [0.25, 0.3) is 0 Å². The first-order valence-corrected chi connectivity index (χ1v) is 16.7. The SMILES string of the molecule is COc1cc(/C=C/C(=O)O[C@H]2[C@H](O[C@H]3[C@H](Oc4ccc(-c5cc(=O)c6c(O)cc(O)cc6o5)cc4)O[C@H](C(=O)O)[C@@H](O)[C@@H]3O)O[C@H](C(=O)O)[C@@H](O)[C@@H]2O)ccc1O. The third-order valence-corrected chi connectivity index (χ3v) is 8.92. The number of benzene rings is 3. The van der Waals surface area contributed by atoms with Crippen LogP contribution in [-0.2, 0) is 33.3 Å². The Hall–Kier alpha value is -6.26. The zero-order chi connectivity index (χ0) is 41.3. The quantitative estimate of drug-likeness (QED) is 0.0714. The summed E-state index contributed by atoms with van der Waals surface area (Å²) in [6.07, 6.45) is -19.0. The van der Waals surface area contributed by atoms with Gasteiger partial charge in [0, 0.05) is 29.8 Å². The van der Waals surface area contributed by atoms with Crippen LogP contribution in [0, 0.1) is 0 Å². The van der Waals surface area contributed by atoms with Gasteiger partial charge in [-0.15, -0.1) is 0 Å². The Morgan fingerprint density at radius 1 is 0.737 bits per heavy atom. The fourth-order valence-electron chi connectivity index (χ4n) is 6.08. The van der Waals surface area contributed by atoms with Crippen LogP contribution in [0.3, 0.4) is 0 Å². The van der Waals surface area contributed by atoms with Gasteiger partial charge in [0.05, 0.1) is 7.11 Å². The molecule has 302 valence electrons.